The molecule has 1 aliphatic carbocycles. The third-order valence-electron chi connectivity index (χ3n) is 4.27. The highest BCUT2D eigenvalue weighted by molar-refractivity contribution is 5.86. The fourth-order valence-electron chi connectivity index (χ4n) is 3.20. The Kier molecular flexibility index (Phi) is 3.34. The summed E-state index contributed by atoms with van der Waals surface area (Å²) in [6, 6.07) is 13.5. The summed E-state index contributed by atoms with van der Waals surface area (Å²) < 4.78 is 0. The lowest BCUT2D eigenvalue weighted by molar-refractivity contribution is 1.05. The van der Waals surface area contributed by atoms with Crippen molar-refractivity contribution in [2.24, 2.45) is 0 Å². The van der Waals surface area contributed by atoms with Crippen LogP contribution in [0.4, 0.5) is 0 Å². The molecule has 0 nitrogen and oxygen atoms in total. The van der Waals surface area contributed by atoms with E-state index in [2.05, 4.69) is 62.6 Å². The van der Waals surface area contributed by atoms with E-state index in [1.807, 2.05) is 0 Å². The molecule has 0 unspecified atom stereocenters. The van der Waals surface area contributed by atoms with Crippen molar-refractivity contribution >= 4 is 5.57 Å². The summed E-state index contributed by atoms with van der Waals surface area (Å²) in [5, 5.41) is 0. The Bertz CT molecular complexity index is 713. The van der Waals surface area contributed by atoms with Crippen LogP contribution >= 0.6 is 0 Å². The molecule has 3 rings (SSSR count). The average molecular weight is 260 g/mol. The van der Waals surface area contributed by atoms with Gasteiger partial charge in [-0.15, -0.1) is 5.73 Å². The van der Waals surface area contributed by atoms with Gasteiger partial charge in [0, 0.05) is 5.57 Å². The Balaban J connectivity index is 2.25. The van der Waals surface area contributed by atoms with Gasteiger partial charge in [-0.1, -0.05) is 56.8 Å². The van der Waals surface area contributed by atoms with Crippen molar-refractivity contribution in [3.63, 3.8) is 0 Å². The van der Waals surface area contributed by atoms with Gasteiger partial charge < -0.3 is 0 Å². The van der Waals surface area contributed by atoms with Gasteiger partial charge in [0.25, 0.3) is 0 Å². The predicted molar refractivity (Wildman–Crippen MR) is 86.1 cm³/mol. The van der Waals surface area contributed by atoms with Crippen molar-refractivity contribution in [2.45, 2.75) is 33.1 Å². The van der Waals surface area contributed by atoms with E-state index in [0.717, 1.165) is 19.3 Å². The minimum atomic E-state index is 1.03. The highest BCUT2D eigenvalue weighted by Gasteiger charge is 2.21. The minimum absolute atomic E-state index is 1.03. The van der Waals surface area contributed by atoms with Crippen LogP contribution in [-0.2, 0) is 19.3 Å². The van der Waals surface area contributed by atoms with Gasteiger partial charge in [0.15, 0.2) is 0 Å². The Hall–Kier alpha value is -2.04. The second-order valence-electron chi connectivity index (χ2n) is 5.38. The van der Waals surface area contributed by atoms with Crippen molar-refractivity contribution in [1.29, 1.82) is 0 Å². The molecule has 2 aromatic rings. The van der Waals surface area contributed by atoms with Gasteiger partial charge >= 0.3 is 0 Å². The second-order valence-corrected chi connectivity index (χ2v) is 5.38. The lowest BCUT2D eigenvalue weighted by Crippen LogP contribution is -2.09. The summed E-state index contributed by atoms with van der Waals surface area (Å²) in [6.07, 6.45) is 3.16. The number of aryl methyl sites for hydroxylation is 2. The molecule has 0 bridgehead atoms. The van der Waals surface area contributed by atoms with Crippen LogP contribution in [0.5, 0.6) is 0 Å². The monoisotopic (exact) mass is 260 g/mol. The maximum Gasteiger partial charge on any atom is 0.0311 e. The molecule has 0 heterocycles. The lowest BCUT2D eigenvalue weighted by Gasteiger charge is -2.24. The van der Waals surface area contributed by atoms with E-state index in [-0.39, 0.29) is 0 Å². The molecule has 100 valence electrons. The van der Waals surface area contributed by atoms with Crippen LogP contribution in [0, 0.1) is 0 Å². The normalized spacial score (nSPS) is 12.6. The van der Waals surface area contributed by atoms with E-state index in [1.54, 1.807) is 0 Å². The second kappa shape index (κ2) is 5.15. The lowest BCUT2D eigenvalue weighted by atomic mass is 9.79. The van der Waals surface area contributed by atoms with Crippen LogP contribution in [0.3, 0.4) is 0 Å². The van der Waals surface area contributed by atoms with Crippen molar-refractivity contribution < 1.29 is 0 Å². The van der Waals surface area contributed by atoms with Crippen LogP contribution in [0.15, 0.2) is 48.7 Å². The molecule has 0 N–H and O–H groups in total. The molecule has 20 heavy (non-hydrogen) atoms. The summed E-state index contributed by atoms with van der Waals surface area (Å²) >= 11 is 0. The summed E-state index contributed by atoms with van der Waals surface area (Å²) in [7, 11) is 0. The van der Waals surface area contributed by atoms with Crippen molar-refractivity contribution in [2.75, 3.05) is 0 Å². The van der Waals surface area contributed by atoms with E-state index >= 15 is 0 Å². The SMILES string of the molecule is C=C=C1c2ccc(CC)cc2Cc2cccc(CC)c21. The summed E-state index contributed by atoms with van der Waals surface area (Å²) in [5.74, 6) is 0. The van der Waals surface area contributed by atoms with Crippen molar-refractivity contribution in [3.05, 3.63) is 82.1 Å². The van der Waals surface area contributed by atoms with E-state index in [0.29, 0.717) is 0 Å². The molecule has 0 saturated carbocycles. The van der Waals surface area contributed by atoms with E-state index in [1.165, 1.54) is 39.0 Å². The Morgan fingerprint density at radius 2 is 1.90 bits per heavy atom. The topological polar surface area (TPSA) is 0 Å². The van der Waals surface area contributed by atoms with E-state index < -0.39 is 0 Å². The fourth-order valence-corrected chi connectivity index (χ4v) is 3.20. The molecule has 0 radical (unpaired) electrons. The smallest absolute Gasteiger partial charge is 0.0311 e. The minimum Gasteiger partial charge on any atom is -0.119 e. The average Bonchev–Trinajstić information content (AvgIpc) is 2.51. The van der Waals surface area contributed by atoms with Gasteiger partial charge in [-0.3, -0.25) is 0 Å². The molecule has 1 aliphatic rings. The van der Waals surface area contributed by atoms with Crippen LogP contribution in [0.1, 0.15) is 47.2 Å². The molecule has 0 spiro atoms. The largest absolute Gasteiger partial charge is 0.119 e. The standard InChI is InChI=1S/C20H20/c1-4-14-10-11-19-17(12-14)13-16-9-7-8-15(5-2)20(16)18(19)6-3/h7-12H,3-5,13H2,1-2H3. The molecule has 0 atom stereocenters. The van der Waals surface area contributed by atoms with Gasteiger partial charge in [-0.25, -0.2) is 0 Å². The molecule has 2 aromatic carbocycles. The molecular weight excluding hydrogens is 240 g/mol. The van der Waals surface area contributed by atoms with Crippen molar-refractivity contribution in [3.8, 4) is 0 Å². The summed E-state index contributed by atoms with van der Waals surface area (Å²) in [5.41, 5.74) is 12.7. The summed E-state index contributed by atoms with van der Waals surface area (Å²) in [4.78, 5) is 0. The van der Waals surface area contributed by atoms with Crippen LogP contribution < -0.4 is 0 Å². The maximum absolute atomic E-state index is 3.94. The third-order valence-corrected chi connectivity index (χ3v) is 4.27. The first-order valence-electron chi connectivity index (χ1n) is 7.41. The number of fused-ring (bicyclic) bond motifs is 2. The van der Waals surface area contributed by atoms with Crippen LogP contribution in [0.2, 0.25) is 0 Å². The van der Waals surface area contributed by atoms with Gasteiger partial charge in [0.1, 0.15) is 0 Å². The molecule has 0 saturated heterocycles. The zero-order valence-electron chi connectivity index (χ0n) is 12.3. The zero-order valence-corrected chi connectivity index (χ0v) is 12.3. The van der Waals surface area contributed by atoms with Crippen LogP contribution in [-0.4, -0.2) is 0 Å². The van der Waals surface area contributed by atoms with Gasteiger partial charge in [-0.05, 0) is 52.6 Å². The molecule has 0 fully saturated rings. The number of hydrogen-bond acceptors (Lipinski definition) is 0. The Morgan fingerprint density at radius 1 is 1.05 bits per heavy atom. The summed E-state index contributed by atoms with van der Waals surface area (Å²) in [6.45, 7) is 8.36. The third kappa shape index (κ3) is 1.94. The Morgan fingerprint density at radius 3 is 2.60 bits per heavy atom. The predicted octanol–water partition coefficient (Wildman–Crippen LogP) is 4.93. The highest BCUT2D eigenvalue weighted by Crippen LogP contribution is 2.37. The Labute approximate surface area is 121 Å². The highest BCUT2D eigenvalue weighted by atomic mass is 14.2. The van der Waals surface area contributed by atoms with E-state index in [4.69, 9.17) is 0 Å². The quantitative estimate of drug-likeness (QED) is 0.573. The van der Waals surface area contributed by atoms with Gasteiger partial charge in [0.2, 0.25) is 0 Å². The maximum atomic E-state index is 3.94. The first-order valence-corrected chi connectivity index (χ1v) is 7.41. The molecule has 0 heteroatoms. The van der Waals surface area contributed by atoms with Crippen molar-refractivity contribution in [1.82, 2.24) is 0 Å². The van der Waals surface area contributed by atoms with Gasteiger partial charge in [0.05, 0.1) is 0 Å². The fraction of sp³-hybridized carbons (Fsp3) is 0.250. The molecule has 0 amide bonds. The number of benzene rings is 2. The number of rotatable bonds is 2. The van der Waals surface area contributed by atoms with E-state index in [9.17, 15) is 0 Å². The first-order chi connectivity index (χ1) is 9.78. The molecular formula is C20H20. The molecule has 0 aromatic heterocycles. The van der Waals surface area contributed by atoms with Gasteiger partial charge in [-0.2, -0.15) is 0 Å². The molecule has 0 aliphatic heterocycles. The number of hydrogen-bond donors (Lipinski definition) is 0. The first kappa shape index (κ1) is 13.0. The van der Waals surface area contributed by atoms with Crippen LogP contribution in [0.25, 0.3) is 5.57 Å². The zero-order chi connectivity index (χ0) is 14.1.